The van der Waals surface area contributed by atoms with E-state index in [2.05, 4.69) is 4.98 Å². The van der Waals surface area contributed by atoms with Gasteiger partial charge in [-0.3, -0.25) is 9.78 Å². The number of rotatable bonds is 6. The van der Waals surface area contributed by atoms with Gasteiger partial charge in [-0.2, -0.15) is 0 Å². The Labute approximate surface area is 146 Å². The van der Waals surface area contributed by atoms with Gasteiger partial charge in [0.2, 0.25) is 0 Å². The van der Waals surface area contributed by atoms with Crippen molar-refractivity contribution in [1.82, 2.24) is 9.88 Å². The fourth-order valence-corrected chi connectivity index (χ4v) is 2.80. The molecule has 1 aromatic heterocycles. The molecular formula is C20H20N2O3. The summed E-state index contributed by atoms with van der Waals surface area (Å²) >= 11 is 0. The molecule has 0 bridgehead atoms. The first kappa shape index (κ1) is 16.9. The molecule has 3 rings (SSSR count). The van der Waals surface area contributed by atoms with Crippen molar-refractivity contribution in [2.45, 2.75) is 6.54 Å². The number of methoxy groups -OCH3 is 1. The molecule has 2 aromatic carbocycles. The molecule has 0 spiro atoms. The minimum absolute atomic E-state index is 0.101. The Hall–Kier alpha value is -2.92. The average Bonchev–Trinajstić information content (AvgIpc) is 2.67. The number of hydrogen-bond donors (Lipinski definition) is 1. The Morgan fingerprint density at radius 3 is 2.80 bits per heavy atom. The minimum Gasteiger partial charge on any atom is -0.496 e. The van der Waals surface area contributed by atoms with E-state index in [9.17, 15) is 9.90 Å². The van der Waals surface area contributed by atoms with Gasteiger partial charge >= 0.3 is 0 Å². The Morgan fingerprint density at radius 1 is 1.16 bits per heavy atom. The van der Waals surface area contributed by atoms with Gasteiger partial charge in [0, 0.05) is 35.8 Å². The van der Waals surface area contributed by atoms with Crippen LogP contribution in [0.25, 0.3) is 10.9 Å². The van der Waals surface area contributed by atoms with Crippen LogP contribution in [-0.4, -0.2) is 41.2 Å². The Balaban J connectivity index is 1.89. The van der Waals surface area contributed by atoms with Crippen molar-refractivity contribution in [3.8, 4) is 5.75 Å². The maximum absolute atomic E-state index is 12.9. The van der Waals surface area contributed by atoms with Crippen molar-refractivity contribution in [3.05, 3.63) is 71.9 Å². The van der Waals surface area contributed by atoms with E-state index in [4.69, 9.17) is 4.74 Å². The third-order valence-electron chi connectivity index (χ3n) is 4.06. The van der Waals surface area contributed by atoms with Crippen LogP contribution in [0.1, 0.15) is 15.9 Å². The van der Waals surface area contributed by atoms with E-state index in [0.29, 0.717) is 12.1 Å². The monoisotopic (exact) mass is 336 g/mol. The minimum atomic E-state index is -0.134. The van der Waals surface area contributed by atoms with Gasteiger partial charge in [0.25, 0.3) is 5.91 Å². The lowest BCUT2D eigenvalue weighted by molar-refractivity contribution is 0.0707. The van der Waals surface area contributed by atoms with E-state index in [1.54, 1.807) is 24.3 Å². The van der Waals surface area contributed by atoms with E-state index in [1.807, 2.05) is 48.5 Å². The molecule has 0 unspecified atom stereocenters. The summed E-state index contributed by atoms with van der Waals surface area (Å²) in [5.74, 6) is 0.590. The van der Waals surface area contributed by atoms with Crippen molar-refractivity contribution in [2.24, 2.45) is 0 Å². The number of amides is 1. The number of fused-ring (bicyclic) bond motifs is 1. The van der Waals surface area contributed by atoms with Crippen molar-refractivity contribution in [2.75, 3.05) is 20.3 Å². The van der Waals surface area contributed by atoms with Crippen molar-refractivity contribution >= 4 is 16.8 Å². The molecule has 1 N–H and O–H groups in total. The lowest BCUT2D eigenvalue weighted by Gasteiger charge is -2.23. The number of carbonyl (C=O) groups is 1. The average molecular weight is 336 g/mol. The smallest absolute Gasteiger partial charge is 0.254 e. The molecule has 0 fully saturated rings. The molecule has 0 aliphatic heterocycles. The fourth-order valence-electron chi connectivity index (χ4n) is 2.80. The van der Waals surface area contributed by atoms with Crippen LogP contribution in [0.4, 0.5) is 0 Å². The van der Waals surface area contributed by atoms with Gasteiger partial charge < -0.3 is 14.7 Å². The molecule has 5 heteroatoms. The molecule has 128 valence electrons. The van der Waals surface area contributed by atoms with Crippen LogP contribution in [-0.2, 0) is 6.54 Å². The van der Waals surface area contributed by atoms with Gasteiger partial charge in [-0.15, -0.1) is 0 Å². The van der Waals surface area contributed by atoms with E-state index < -0.39 is 0 Å². The molecule has 0 atom stereocenters. The largest absolute Gasteiger partial charge is 0.496 e. The molecule has 0 aliphatic rings. The number of hydrogen-bond acceptors (Lipinski definition) is 4. The summed E-state index contributed by atoms with van der Waals surface area (Å²) in [7, 11) is 1.60. The van der Waals surface area contributed by atoms with Gasteiger partial charge in [-0.1, -0.05) is 24.3 Å². The fraction of sp³-hybridized carbons (Fsp3) is 0.200. The van der Waals surface area contributed by atoms with Gasteiger partial charge in [-0.05, 0) is 30.3 Å². The molecule has 3 aromatic rings. The topological polar surface area (TPSA) is 62.7 Å². The third kappa shape index (κ3) is 3.78. The Bertz CT molecular complexity index is 879. The van der Waals surface area contributed by atoms with Gasteiger partial charge in [0.1, 0.15) is 5.75 Å². The van der Waals surface area contributed by atoms with E-state index in [-0.39, 0.29) is 19.1 Å². The quantitative estimate of drug-likeness (QED) is 0.752. The van der Waals surface area contributed by atoms with E-state index >= 15 is 0 Å². The third-order valence-corrected chi connectivity index (χ3v) is 4.06. The number of ether oxygens (including phenoxy) is 1. The highest BCUT2D eigenvalue weighted by atomic mass is 16.5. The van der Waals surface area contributed by atoms with Crippen LogP contribution in [0.15, 0.2) is 60.8 Å². The molecule has 1 heterocycles. The lowest BCUT2D eigenvalue weighted by Crippen LogP contribution is -2.33. The van der Waals surface area contributed by atoms with Crippen LogP contribution in [0, 0.1) is 0 Å². The Morgan fingerprint density at radius 2 is 2.00 bits per heavy atom. The highest BCUT2D eigenvalue weighted by molar-refractivity contribution is 5.97. The molecular weight excluding hydrogens is 316 g/mol. The molecule has 5 nitrogen and oxygen atoms in total. The van der Waals surface area contributed by atoms with Gasteiger partial charge in [-0.25, -0.2) is 0 Å². The van der Waals surface area contributed by atoms with Gasteiger partial charge in [0.15, 0.2) is 0 Å². The SMILES string of the molecule is COc1ccccc1CN(CCO)C(=O)c1ccc2ncccc2c1. The highest BCUT2D eigenvalue weighted by Crippen LogP contribution is 2.21. The maximum Gasteiger partial charge on any atom is 0.254 e. The van der Waals surface area contributed by atoms with Crippen LogP contribution in [0.5, 0.6) is 5.75 Å². The maximum atomic E-state index is 12.9. The molecule has 0 saturated carbocycles. The summed E-state index contributed by atoms with van der Waals surface area (Å²) in [4.78, 5) is 18.8. The highest BCUT2D eigenvalue weighted by Gasteiger charge is 2.17. The first-order valence-electron chi connectivity index (χ1n) is 8.09. The van der Waals surface area contributed by atoms with Crippen LogP contribution in [0.3, 0.4) is 0 Å². The van der Waals surface area contributed by atoms with Gasteiger partial charge in [0.05, 0.1) is 19.2 Å². The first-order valence-corrected chi connectivity index (χ1v) is 8.09. The predicted octanol–water partition coefficient (Wildman–Crippen LogP) is 2.88. The number of aliphatic hydroxyl groups excluding tert-OH is 1. The second-order valence-corrected chi connectivity index (χ2v) is 5.67. The number of para-hydroxylation sites is 1. The molecule has 0 aliphatic carbocycles. The van der Waals surface area contributed by atoms with Crippen molar-refractivity contribution < 1.29 is 14.6 Å². The molecule has 0 saturated heterocycles. The van der Waals surface area contributed by atoms with Crippen LogP contribution < -0.4 is 4.74 Å². The van der Waals surface area contributed by atoms with Crippen molar-refractivity contribution in [1.29, 1.82) is 0 Å². The first-order chi connectivity index (χ1) is 12.2. The zero-order chi connectivity index (χ0) is 17.6. The summed E-state index contributed by atoms with van der Waals surface area (Å²) in [5.41, 5.74) is 2.32. The second kappa shape index (κ2) is 7.77. The second-order valence-electron chi connectivity index (χ2n) is 5.67. The number of pyridine rings is 1. The summed E-state index contributed by atoms with van der Waals surface area (Å²) < 4.78 is 5.36. The summed E-state index contributed by atoms with van der Waals surface area (Å²) in [6.45, 7) is 0.520. The summed E-state index contributed by atoms with van der Waals surface area (Å²) in [6.07, 6.45) is 1.73. The molecule has 25 heavy (non-hydrogen) atoms. The predicted molar refractivity (Wildman–Crippen MR) is 96.6 cm³/mol. The number of aliphatic hydroxyl groups is 1. The van der Waals surface area contributed by atoms with E-state index in [1.165, 1.54) is 0 Å². The van der Waals surface area contributed by atoms with Crippen LogP contribution in [0.2, 0.25) is 0 Å². The lowest BCUT2D eigenvalue weighted by atomic mass is 10.1. The number of benzene rings is 2. The van der Waals surface area contributed by atoms with E-state index in [0.717, 1.165) is 22.2 Å². The number of carbonyl (C=O) groups excluding carboxylic acids is 1. The summed E-state index contributed by atoms with van der Waals surface area (Å²) in [6, 6.07) is 16.8. The Kier molecular flexibility index (Phi) is 5.26. The number of aromatic nitrogens is 1. The summed E-state index contributed by atoms with van der Waals surface area (Å²) in [5, 5.41) is 10.3. The standard InChI is InChI=1S/C20H20N2O3/c1-25-19-7-3-2-5-17(19)14-22(11-12-23)20(24)16-8-9-18-15(13-16)6-4-10-21-18/h2-10,13,23H,11-12,14H2,1H3. The zero-order valence-electron chi connectivity index (χ0n) is 14.1. The van der Waals surface area contributed by atoms with Crippen LogP contribution >= 0.6 is 0 Å². The zero-order valence-corrected chi connectivity index (χ0v) is 14.1. The molecule has 1 amide bonds. The van der Waals surface area contributed by atoms with Crippen molar-refractivity contribution in [3.63, 3.8) is 0 Å². The normalized spacial score (nSPS) is 10.6. The molecule has 0 radical (unpaired) electrons. The number of nitrogens with zero attached hydrogens (tertiary/aromatic N) is 2.